The van der Waals surface area contributed by atoms with E-state index in [4.69, 9.17) is 4.74 Å². The van der Waals surface area contributed by atoms with Gasteiger partial charge in [0.05, 0.1) is 25.4 Å². The number of hydrogen-bond donors (Lipinski definition) is 3. The largest absolute Gasteiger partial charge is 0.466 e. The zero-order valence-corrected chi connectivity index (χ0v) is 46.1. The van der Waals surface area contributed by atoms with Gasteiger partial charge in [0, 0.05) is 12.8 Å². The summed E-state index contributed by atoms with van der Waals surface area (Å²) in [4.78, 5) is 24.6. The number of carbonyl (C=O) groups excluding carboxylic acids is 2. The standard InChI is InChI=1S/C62H121NO5/c1-3-5-7-9-11-13-15-17-19-20-21-23-27-30-34-38-42-46-50-54-60(65)59(58-64)63-61(66)55-51-47-43-39-35-31-28-24-22-25-29-33-37-41-45-49-53-57-68-62(67)56-52-48-44-40-36-32-26-18-16-14-12-10-8-6-4-2/h50,54,59-60,64-65H,3-49,51-53,55-58H2,1-2H3,(H,63,66)/b54-50+. The van der Waals surface area contributed by atoms with E-state index in [-0.39, 0.29) is 18.5 Å². The smallest absolute Gasteiger partial charge is 0.305 e. The lowest BCUT2D eigenvalue weighted by molar-refractivity contribution is -0.143. The van der Waals surface area contributed by atoms with Crippen LogP contribution < -0.4 is 5.32 Å². The van der Waals surface area contributed by atoms with Crippen LogP contribution in [0.1, 0.15) is 348 Å². The van der Waals surface area contributed by atoms with E-state index in [2.05, 4.69) is 19.2 Å². The molecule has 0 radical (unpaired) electrons. The van der Waals surface area contributed by atoms with Gasteiger partial charge in [-0.25, -0.2) is 0 Å². The minimum Gasteiger partial charge on any atom is -0.466 e. The zero-order chi connectivity index (χ0) is 49.3. The fourth-order valence-electron chi connectivity index (χ4n) is 9.81. The van der Waals surface area contributed by atoms with E-state index >= 15 is 0 Å². The van der Waals surface area contributed by atoms with Crippen LogP contribution in [0.25, 0.3) is 0 Å². The molecule has 0 aliphatic heterocycles. The minimum atomic E-state index is -0.848. The molecule has 0 aliphatic rings. The van der Waals surface area contributed by atoms with E-state index in [1.54, 1.807) is 6.08 Å². The van der Waals surface area contributed by atoms with E-state index in [0.717, 1.165) is 38.5 Å². The normalized spacial score (nSPS) is 12.6. The quantitative estimate of drug-likeness (QED) is 0.0321. The molecule has 0 bridgehead atoms. The SMILES string of the molecule is CCCCCCCCCCCCCCCCCCC/C=C/C(O)C(CO)NC(=O)CCCCCCCCCCCCCCCCCCCOC(=O)CCCCCCCCCCCCCCCCC. The lowest BCUT2D eigenvalue weighted by Gasteiger charge is -2.20. The Bertz CT molecular complexity index is 1020. The first-order valence-corrected chi connectivity index (χ1v) is 31.0. The molecule has 0 spiro atoms. The summed E-state index contributed by atoms with van der Waals surface area (Å²) >= 11 is 0. The maximum Gasteiger partial charge on any atom is 0.305 e. The molecule has 6 nitrogen and oxygen atoms in total. The summed E-state index contributed by atoms with van der Waals surface area (Å²) in [6.07, 6.45) is 69.6. The second kappa shape index (κ2) is 58.2. The van der Waals surface area contributed by atoms with Crippen LogP contribution in [0.15, 0.2) is 12.2 Å². The molecule has 6 heteroatoms. The Labute approximate surface area is 425 Å². The van der Waals surface area contributed by atoms with Gasteiger partial charge in [-0.05, 0) is 32.1 Å². The molecule has 3 N–H and O–H groups in total. The molecule has 0 aliphatic carbocycles. The number of amides is 1. The van der Waals surface area contributed by atoms with Crippen LogP contribution in [0, 0.1) is 0 Å². The number of unbranched alkanes of at least 4 members (excludes halogenated alkanes) is 47. The van der Waals surface area contributed by atoms with E-state index in [1.807, 2.05) is 6.08 Å². The fraction of sp³-hybridized carbons (Fsp3) is 0.935. The molecule has 0 saturated carbocycles. The first-order valence-electron chi connectivity index (χ1n) is 31.0. The van der Waals surface area contributed by atoms with Gasteiger partial charge in [0.15, 0.2) is 0 Å². The first-order chi connectivity index (χ1) is 33.5. The highest BCUT2D eigenvalue weighted by Crippen LogP contribution is 2.18. The predicted octanol–water partition coefficient (Wildman–Crippen LogP) is 19.2. The van der Waals surface area contributed by atoms with Crippen LogP contribution in [0.5, 0.6) is 0 Å². The Kier molecular flexibility index (Phi) is 57.0. The topological polar surface area (TPSA) is 95.9 Å². The fourth-order valence-corrected chi connectivity index (χ4v) is 9.81. The molecule has 0 heterocycles. The second-order valence-corrected chi connectivity index (χ2v) is 21.4. The number of hydrogen-bond acceptors (Lipinski definition) is 5. The van der Waals surface area contributed by atoms with Gasteiger partial charge < -0.3 is 20.3 Å². The Morgan fingerprint density at radius 1 is 0.397 bits per heavy atom. The monoisotopic (exact) mass is 960 g/mol. The molecular formula is C62H121NO5. The Morgan fingerprint density at radius 3 is 1.00 bits per heavy atom. The third-order valence-electron chi connectivity index (χ3n) is 14.6. The number of aliphatic hydroxyl groups excluding tert-OH is 2. The summed E-state index contributed by atoms with van der Waals surface area (Å²) in [5.41, 5.74) is 0. The van der Waals surface area contributed by atoms with Crippen molar-refractivity contribution >= 4 is 11.9 Å². The lowest BCUT2D eigenvalue weighted by atomic mass is 10.0. The molecule has 0 aromatic heterocycles. The molecule has 2 unspecified atom stereocenters. The molecule has 0 aromatic carbocycles. The van der Waals surface area contributed by atoms with Crippen molar-refractivity contribution in [2.24, 2.45) is 0 Å². The maximum absolute atomic E-state index is 12.5. The van der Waals surface area contributed by atoms with Gasteiger partial charge in [-0.15, -0.1) is 0 Å². The van der Waals surface area contributed by atoms with Crippen LogP contribution in [0.2, 0.25) is 0 Å². The molecule has 404 valence electrons. The van der Waals surface area contributed by atoms with Gasteiger partial charge in [0.1, 0.15) is 0 Å². The number of nitrogens with one attached hydrogen (secondary N) is 1. The summed E-state index contributed by atoms with van der Waals surface area (Å²) in [7, 11) is 0. The van der Waals surface area contributed by atoms with Crippen LogP contribution in [-0.4, -0.2) is 47.4 Å². The Morgan fingerprint density at radius 2 is 0.676 bits per heavy atom. The average Bonchev–Trinajstić information content (AvgIpc) is 3.34. The highest BCUT2D eigenvalue weighted by molar-refractivity contribution is 5.76. The molecule has 0 saturated heterocycles. The summed E-state index contributed by atoms with van der Waals surface area (Å²) in [5, 5.41) is 23.2. The van der Waals surface area contributed by atoms with Crippen LogP contribution >= 0.6 is 0 Å². The third-order valence-corrected chi connectivity index (χ3v) is 14.6. The number of allylic oxidation sites excluding steroid dienone is 1. The maximum atomic E-state index is 12.5. The Balaban J connectivity index is 3.43. The lowest BCUT2D eigenvalue weighted by Crippen LogP contribution is -2.45. The van der Waals surface area contributed by atoms with Crippen molar-refractivity contribution in [1.82, 2.24) is 5.32 Å². The number of rotatable bonds is 58. The number of esters is 1. The minimum absolute atomic E-state index is 0.00820. The van der Waals surface area contributed by atoms with Gasteiger partial charge in [0.25, 0.3) is 0 Å². The molecule has 1 amide bonds. The van der Waals surface area contributed by atoms with E-state index < -0.39 is 12.1 Å². The van der Waals surface area contributed by atoms with E-state index in [1.165, 1.54) is 283 Å². The van der Waals surface area contributed by atoms with Gasteiger partial charge in [0.2, 0.25) is 5.91 Å². The van der Waals surface area contributed by atoms with Crippen molar-refractivity contribution < 1.29 is 24.5 Å². The van der Waals surface area contributed by atoms with Crippen molar-refractivity contribution in [3.63, 3.8) is 0 Å². The van der Waals surface area contributed by atoms with E-state index in [9.17, 15) is 19.8 Å². The average molecular weight is 961 g/mol. The van der Waals surface area contributed by atoms with Crippen molar-refractivity contribution in [1.29, 1.82) is 0 Å². The summed E-state index contributed by atoms with van der Waals surface area (Å²) in [6.45, 7) is 4.93. The molecule has 68 heavy (non-hydrogen) atoms. The van der Waals surface area contributed by atoms with Crippen LogP contribution in [0.3, 0.4) is 0 Å². The number of aliphatic hydroxyl groups is 2. The van der Waals surface area contributed by atoms with Gasteiger partial charge in [-0.2, -0.15) is 0 Å². The predicted molar refractivity (Wildman–Crippen MR) is 297 cm³/mol. The van der Waals surface area contributed by atoms with Gasteiger partial charge >= 0.3 is 5.97 Å². The molecular weight excluding hydrogens is 839 g/mol. The Hall–Kier alpha value is -1.40. The summed E-state index contributed by atoms with van der Waals surface area (Å²) in [5.74, 6) is -0.0615. The van der Waals surface area contributed by atoms with Gasteiger partial charge in [-0.3, -0.25) is 9.59 Å². The van der Waals surface area contributed by atoms with Crippen LogP contribution in [-0.2, 0) is 14.3 Å². The van der Waals surface area contributed by atoms with Crippen molar-refractivity contribution in [3.05, 3.63) is 12.2 Å². The number of carbonyl (C=O) groups is 2. The summed E-state index contributed by atoms with van der Waals surface area (Å²) in [6, 6.07) is -0.631. The molecule has 0 rings (SSSR count). The molecule has 0 fully saturated rings. The summed E-state index contributed by atoms with van der Waals surface area (Å²) < 4.78 is 5.49. The van der Waals surface area contributed by atoms with Crippen molar-refractivity contribution in [2.45, 2.75) is 360 Å². The van der Waals surface area contributed by atoms with Crippen molar-refractivity contribution in [2.75, 3.05) is 13.2 Å². The van der Waals surface area contributed by atoms with Gasteiger partial charge in [-0.1, -0.05) is 315 Å². The van der Waals surface area contributed by atoms with Crippen LogP contribution in [0.4, 0.5) is 0 Å². The number of ether oxygens (including phenoxy) is 1. The highest BCUT2D eigenvalue weighted by atomic mass is 16.5. The zero-order valence-electron chi connectivity index (χ0n) is 46.1. The molecule has 2 atom stereocenters. The van der Waals surface area contributed by atoms with E-state index in [0.29, 0.717) is 19.4 Å². The van der Waals surface area contributed by atoms with Crippen molar-refractivity contribution in [3.8, 4) is 0 Å². The second-order valence-electron chi connectivity index (χ2n) is 21.4. The first kappa shape index (κ1) is 66.6. The third kappa shape index (κ3) is 53.9. The highest BCUT2D eigenvalue weighted by Gasteiger charge is 2.18. The molecule has 0 aromatic rings.